The molecule has 0 fully saturated rings. The summed E-state index contributed by atoms with van der Waals surface area (Å²) in [7, 11) is 0. The van der Waals surface area contributed by atoms with Gasteiger partial charge in [-0.1, -0.05) is 49.7 Å². The smallest absolute Gasteiger partial charge is 0.271 e. The van der Waals surface area contributed by atoms with Gasteiger partial charge in [0.25, 0.3) is 5.91 Å². The van der Waals surface area contributed by atoms with Gasteiger partial charge in [-0.25, -0.2) is 5.43 Å². The van der Waals surface area contributed by atoms with E-state index in [9.17, 15) is 4.79 Å². The summed E-state index contributed by atoms with van der Waals surface area (Å²) in [6.07, 6.45) is 3.72. The second-order valence-electron chi connectivity index (χ2n) is 8.10. The average molecular weight is 440 g/mol. The molecule has 3 aromatic carbocycles. The molecule has 1 N–H and O–H groups in total. The number of nitrogens with zero attached hydrogens (tertiary/aromatic N) is 2. The lowest BCUT2D eigenvalue weighted by Crippen LogP contribution is -2.18. The van der Waals surface area contributed by atoms with E-state index in [-0.39, 0.29) is 5.91 Å². The van der Waals surface area contributed by atoms with Crippen LogP contribution in [0.25, 0.3) is 16.5 Å². The number of ether oxygens (including phenoxy) is 1. The highest BCUT2D eigenvalue weighted by Crippen LogP contribution is 2.27. The lowest BCUT2D eigenvalue weighted by molar-refractivity contribution is 0.0955. The highest BCUT2D eigenvalue weighted by atomic mass is 16.5. The fraction of sp³-hybridized carbons (Fsp3) is 0.214. The number of unbranched alkanes of at least 4 members (excludes halogenated alkanes) is 1. The van der Waals surface area contributed by atoms with Crippen LogP contribution in [0.3, 0.4) is 0 Å². The fourth-order valence-corrected chi connectivity index (χ4v) is 3.94. The van der Waals surface area contributed by atoms with Gasteiger partial charge in [-0.3, -0.25) is 4.79 Å². The van der Waals surface area contributed by atoms with Gasteiger partial charge in [-0.05, 0) is 67.4 Å². The fourth-order valence-electron chi connectivity index (χ4n) is 3.94. The zero-order valence-corrected chi connectivity index (χ0v) is 19.3. The molecule has 4 rings (SSSR count). The van der Waals surface area contributed by atoms with E-state index in [4.69, 9.17) is 4.74 Å². The molecule has 0 atom stereocenters. The summed E-state index contributed by atoms with van der Waals surface area (Å²) in [6, 6.07) is 23.8. The minimum atomic E-state index is -0.260. The number of carbonyl (C=O) groups is 1. The van der Waals surface area contributed by atoms with Crippen molar-refractivity contribution in [1.82, 2.24) is 9.99 Å². The van der Waals surface area contributed by atoms with E-state index in [0.717, 1.165) is 52.0 Å². The van der Waals surface area contributed by atoms with Crippen molar-refractivity contribution in [2.45, 2.75) is 33.6 Å². The third kappa shape index (κ3) is 4.98. The van der Waals surface area contributed by atoms with Crippen LogP contribution in [-0.4, -0.2) is 23.3 Å². The van der Waals surface area contributed by atoms with Gasteiger partial charge in [0.05, 0.1) is 12.8 Å². The summed E-state index contributed by atoms with van der Waals surface area (Å²) in [4.78, 5) is 12.8. The average Bonchev–Trinajstić information content (AvgIpc) is 3.17. The predicted molar refractivity (Wildman–Crippen MR) is 135 cm³/mol. The monoisotopic (exact) mass is 439 g/mol. The van der Waals surface area contributed by atoms with Crippen LogP contribution in [0.5, 0.6) is 5.75 Å². The molecule has 168 valence electrons. The minimum Gasteiger partial charge on any atom is -0.493 e. The molecule has 0 saturated heterocycles. The third-order valence-electron chi connectivity index (χ3n) is 5.68. The van der Waals surface area contributed by atoms with E-state index in [1.165, 1.54) is 0 Å². The molecule has 1 amide bonds. The maximum absolute atomic E-state index is 12.8. The van der Waals surface area contributed by atoms with Crippen molar-refractivity contribution in [2.24, 2.45) is 5.10 Å². The van der Waals surface area contributed by atoms with Crippen molar-refractivity contribution in [1.29, 1.82) is 0 Å². The van der Waals surface area contributed by atoms with E-state index in [1.54, 1.807) is 12.3 Å². The van der Waals surface area contributed by atoms with E-state index in [1.807, 2.05) is 62.4 Å². The summed E-state index contributed by atoms with van der Waals surface area (Å²) in [5.74, 6) is 0.505. The van der Waals surface area contributed by atoms with Crippen LogP contribution in [-0.2, 0) is 0 Å². The first kappa shape index (κ1) is 22.3. The first-order valence-corrected chi connectivity index (χ1v) is 11.3. The van der Waals surface area contributed by atoms with Crippen LogP contribution in [0, 0.1) is 13.8 Å². The molecule has 1 aromatic heterocycles. The quantitative estimate of drug-likeness (QED) is 0.202. The lowest BCUT2D eigenvalue weighted by Gasteiger charge is -2.12. The van der Waals surface area contributed by atoms with Crippen LogP contribution in [0.4, 0.5) is 0 Å². The summed E-state index contributed by atoms with van der Waals surface area (Å²) >= 11 is 0. The Labute approximate surface area is 194 Å². The summed E-state index contributed by atoms with van der Waals surface area (Å²) in [6.45, 7) is 6.88. The van der Waals surface area contributed by atoms with Crippen molar-refractivity contribution < 1.29 is 9.53 Å². The first-order valence-electron chi connectivity index (χ1n) is 11.3. The van der Waals surface area contributed by atoms with Gasteiger partial charge in [0, 0.05) is 28.2 Å². The Morgan fingerprint density at radius 3 is 2.58 bits per heavy atom. The van der Waals surface area contributed by atoms with Crippen LogP contribution < -0.4 is 10.2 Å². The molecule has 4 aromatic rings. The molecule has 1 heterocycles. The molecule has 0 aliphatic carbocycles. The molecule has 0 spiro atoms. The van der Waals surface area contributed by atoms with Crippen molar-refractivity contribution in [3.05, 3.63) is 95.3 Å². The number of amides is 1. The maximum Gasteiger partial charge on any atom is 0.271 e. The Morgan fingerprint density at radius 2 is 1.79 bits per heavy atom. The number of hydrogen-bond acceptors (Lipinski definition) is 3. The van der Waals surface area contributed by atoms with E-state index < -0.39 is 0 Å². The highest BCUT2D eigenvalue weighted by Gasteiger charge is 2.10. The second-order valence-corrected chi connectivity index (χ2v) is 8.10. The molecule has 5 heteroatoms. The second kappa shape index (κ2) is 10.2. The maximum atomic E-state index is 12.8. The Balaban J connectivity index is 1.56. The number of hydrazone groups is 1. The van der Waals surface area contributed by atoms with Crippen molar-refractivity contribution >= 4 is 22.9 Å². The normalized spacial score (nSPS) is 11.2. The molecular formula is C28H29N3O2. The zero-order chi connectivity index (χ0) is 23.2. The molecule has 5 nitrogen and oxygen atoms in total. The van der Waals surface area contributed by atoms with Crippen LogP contribution in [0.1, 0.15) is 47.1 Å². The van der Waals surface area contributed by atoms with Crippen LogP contribution in [0.15, 0.2) is 77.9 Å². The molecule has 0 aliphatic rings. The number of nitrogens with one attached hydrogen (secondary N) is 1. The summed E-state index contributed by atoms with van der Waals surface area (Å²) < 4.78 is 8.12. The largest absolute Gasteiger partial charge is 0.493 e. The Kier molecular flexibility index (Phi) is 6.89. The number of benzene rings is 3. The van der Waals surface area contributed by atoms with Crippen molar-refractivity contribution in [3.8, 4) is 11.4 Å². The van der Waals surface area contributed by atoms with E-state index in [2.05, 4.69) is 40.2 Å². The van der Waals surface area contributed by atoms with Gasteiger partial charge in [0.15, 0.2) is 0 Å². The highest BCUT2D eigenvalue weighted by molar-refractivity contribution is 6.03. The SMILES string of the molecule is CCCCOc1ccc2ccccc2c1/C=N\NC(=O)c1cccc(-n2c(C)ccc2C)c1. The first-order chi connectivity index (χ1) is 16.1. The van der Waals surface area contributed by atoms with Gasteiger partial charge >= 0.3 is 0 Å². The number of aromatic nitrogens is 1. The van der Waals surface area contributed by atoms with Gasteiger partial charge in [0.1, 0.15) is 5.75 Å². The zero-order valence-electron chi connectivity index (χ0n) is 19.3. The van der Waals surface area contributed by atoms with Gasteiger partial charge in [0.2, 0.25) is 0 Å². The molecule has 0 unspecified atom stereocenters. The molecule has 33 heavy (non-hydrogen) atoms. The van der Waals surface area contributed by atoms with Crippen molar-refractivity contribution in [2.75, 3.05) is 6.61 Å². The molecule has 0 bridgehead atoms. The summed E-state index contributed by atoms with van der Waals surface area (Å²) in [5, 5.41) is 6.40. The molecule has 0 radical (unpaired) electrons. The molecule has 0 aliphatic heterocycles. The van der Waals surface area contributed by atoms with Crippen LogP contribution >= 0.6 is 0 Å². The topological polar surface area (TPSA) is 55.6 Å². The standard InChI is InChI=1S/C28H29N3O2/c1-4-5-17-33-27-16-15-22-9-6-7-12-25(22)26(27)19-29-30-28(32)23-10-8-11-24(18-23)31-20(2)13-14-21(31)3/h6-16,18-19H,4-5,17H2,1-3H3,(H,30,32)/b29-19-. The minimum absolute atomic E-state index is 0.260. The van der Waals surface area contributed by atoms with Gasteiger partial charge in [-0.15, -0.1) is 0 Å². The van der Waals surface area contributed by atoms with E-state index >= 15 is 0 Å². The van der Waals surface area contributed by atoms with Crippen molar-refractivity contribution in [3.63, 3.8) is 0 Å². The number of carbonyl (C=O) groups excluding carboxylic acids is 1. The van der Waals surface area contributed by atoms with Crippen LogP contribution in [0.2, 0.25) is 0 Å². The number of rotatable bonds is 8. The Morgan fingerprint density at radius 1 is 1.00 bits per heavy atom. The number of aryl methyl sites for hydroxylation is 2. The predicted octanol–water partition coefficient (Wildman–Crippen LogP) is 6.19. The Hall–Kier alpha value is -3.86. The third-order valence-corrected chi connectivity index (χ3v) is 5.68. The molecule has 0 saturated carbocycles. The number of hydrogen-bond donors (Lipinski definition) is 1. The lowest BCUT2D eigenvalue weighted by atomic mass is 10.0. The van der Waals surface area contributed by atoms with Gasteiger partial charge < -0.3 is 9.30 Å². The van der Waals surface area contributed by atoms with E-state index in [0.29, 0.717) is 12.2 Å². The number of fused-ring (bicyclic) bond motifs is 1. The molecular weight excluding hydrogens is 410 g/mol. The summed E-state index contributed by atoms with van der Waals surface area (Å²) in [5.41, 5.74) is 7.27. The Bertz CT molecular complexity index is 1280. The van der Waals surface area contributed by atoms with Gasteiger partial charge in [-0.2, -0.15) is 5.10 Å².